The summed E-state index contributed by atoms with van der Waals surface area (Å²) in [6.45, 7) is 8.88. The Hall–Kier alpha value is -10.8. The van der Waals surface area contributed by atoms with Gasteiger partial charge in [0.1, 0.15) is 18.4 Å². The van der Waals surface area contributed by atoms with Gasteiger partial charge in [0.2, 0.25) is 0 Å². The SMILES string of the molecule is CC(C)c1cc(-c2ccccc2)cc(C(C)C)c1-c1cc(-c2[c-]cc(F)cc2)nc(-c2ccccc2O)c1.FC(F)(F)c1c2ccccc2cc2c(-c3[c-]c(-c4ncnc5c(C(F)(F)F)c6ccccc6cc45)c4ccc5cc(-c6ccccc6)cc6ccc3c4c65)ncnc12.[Ir]. The van der Waals surface area contributed by atoms with Crippen LogP contribution in [-0.2, 0) is 32.5 Å². The number of fused-ring (bicyclic) bond motifs is 4. The van der Waals surface area contributed by atoms with Crippen molar-refractivity contribution in [2.75, 3.05) is 0 Å². The van der Waals surface area contributed by atoms with E-state index in [0.717, 1.165) is 50.9 Å². The Labute approximate surface area is 566 Å². The van der Waals surface area contributed by atoms with Gasteiger partial charge in [0.15, 0.2) is 0 Å². The van der Waals surface area contributed by atoms with E-state index in [1.54, 1.807) is 66.7 Å². The molecule has 6 nitrogen and oxygen atoms in total. The van der Waals surface area contributed by atoms with Crippen LogP contribution in [0.15, 0.2) is 237 Å². The van der Waals surface area contributed by atoms with E-state index in [9.17, 15) is 35.8 Å². The number of hydrogen-bond acceptors (Lipinski definition) is 6. The van der Waals surface area contributed by atoms with E-state index >= 15 is 0 Å². The van der Waals surface area contributed by atoms with Crippen LogP contribution in [0.4, 0.5) is 30.7 Å². The maximum absolute atomic E-state index is 15.0. The maximum atomic E-state index is 15.0. The Balaban J connectivity index is 0.000000180. The van der Waals surface area contributed by atoms with Gasteiger partial charge in [-0.05, 0) is 141 Å². The second kappa shape index (κ2) is 25.1. The molecule has 0 saturated heterocycles. The Morgan fingerprint density at radius 3 is 1.37 bits per heavy atom. The molecule has 0 saturated carbocycles. The minimum Gasteiger partial charge on any atom is -0.507 e. The molecular formula is C83H54F7IrN5O-2. The summed E-state index contributed by atoms with van der Waals surface area (Å²) in [5, 5.41) is 16.4. The van der Waals surface area contributed by atoms with Gasteiger partial charge in [-0.25, -0.2) is 9.97 Å². The van der Waals surface area contributed by atoms with E-state index < -0.39 is 23.5 Å². The Kier molecular flexibility index (Phi) is 16.4. The summed E-state index contributed by atoms with van der Waals surface area (Å²) in [7, 11) is 0. The van der Waals surface area contributed by atoms with Gasteiger partial charge in [-0.3, -0.25) is 19.3 Å². The van der Waals surface area contributed by atoms with Gasteiger partial charge in [0.25, 0.3) is 0 Å². The molecule has 0 unspecified atom stereocenters. The van der Waals surface area contributed by atoms with Crippen LogP contribution in [0.2, 0.25) is 0 Å². The van der Waals surface area contributed by atoms with Gasteiger partial charge in [-0.1, -0.05) is 231 Å². The fourth-order valence-electron chi connectivity index (χ4n) is 13.7. The fourth-order valence-corrected chi connectivity index (χ4v) is 13.7. The number of nitrogens with zero attached hydrogens (tertiary/aromatic N) is 5. The summed E-state index contributed by atoms with van der Waals surface area (Å²) in [6, 6.07) is 75.0. The maximum Gasteiger partial charge on any atom is 0.419 e. The van der Waals surface area contributed by atoms with Gasteiger partial charge < -0.3 is 5.11 Å². The van der Waals surface area contributed by atoms with Crippen molar-refractivity contribution < 1.29 is 55.9 Å². The monoisotopic (exact) mass is 1460 g/mol. The molecule has 0 bridgehead atoms. The molecule has 16 rings (SSSR count). The van der Waals surface area contributed by atoms with Crippen molar-refractivity contribution in [2.24, 2.45) is 0 Å². The van der Waals surface area contributed by atoms with Crippen LogP contribution in [0, 0.1) is 17.9 Å². The number of aromatic nitrogens is 5. The minimum atomic E-state index is -4.75. The van der Waals surface area contributed by atoms with Gasteiger partial charge in [0, 0.05) is 42.9 Å². The molecule has 13 aromatic carbocycles. The molecule has 0 aliphatic rings. The summed E-state index contributed by atoms with van der Waals surface area (Å²) >= 11 is 0. The molecule has 1 radical (unpaired) electrons. The van der Waals surface area contributed by atoms with Crippen LogP contribution < -0.4 is 0 Å². The quantitative estimate of drug-likeness (QED) is 0.0671. The Morgan fingerprint density at radius 2 is 0.887 bits per heavy atom. The predicted octanol–water partition coefficient (Wildman–Crippen LogP) is 23.3. The molecule has 0 fully saturated rings. The van der Waals surface area contributed by atoms with E-state index in [4.69, 9.17) is 4.98 Å². The molecule has 477 valence electrons. The van der Waals surface area contributed by atoms with Gasteiger partial charge in [0.05, 0.1) is 27.9 Å². The number of benzene rings is 13. The van der Waals surface area contributed by atoms with Crippen molar-refractivity contribution in [3.63, 3.8) is 0 Å². The molecule has 0 spiro atoms. The van der Waals surface area contributed by atoms with Crippen LogP contribution in [0.1, 0.15) is 61.8 Å². The number of phenols is 1. The predicted molar refractivity (Wildman–Crippen MR) is 371 cm³/mol. The largest absolute Gasteiger partial charge is 0.507 e. The normalized spacial score (nSPS) is 12.0. The van der Waals surface area contributed by atoms with Crippen LogP contribution in [0.3, 0.4) is 0 Å². The number of alkyl halides is 6. The van der Waals surface area contributed by atoms with Gasteiger partial charge in [-0.2, -0.15) is 26.3 Å². The van der Waals surface area contributed by atoms with E-state index in [1.165, 1.54) is 52.1 Å². The van der Waals surface area contributed by atoms with Crippen LogP contribution >= 0.6 is 0 Å². The third-order valence-corrected chi connectivity index (χ3v) is 18.0. The summed E-state index contributed by atoms with van der Waals surface area (Å²) in [5.41, 5.74) is 10.5. The van der Waals surface area contributed by atoms with Crippen molar-refractivity contribution in [1.29, 1.82) is 0 Å². The van der Waals surface area contributed by atoms with Gasteiger partial charge in [-0.15, -0.1) is 35.9 Å². The first-order valence-electron chi connectivity index (χ1n) is 31.3. The van der Waals surface area contributed by atoms with E-state index in [2.05, 4.69) is 120 Å². The third-order valence-electron chi connectivity index (χ3n) is 18.0. The number of para-hydroxylation sites is 1. The summed E-state index contributed by atoms with van der Waals surface area (Å²) in [4.78, 5) is 22.6. The van der Waals surface area contributed by atoms with Crippen LogP contribution in [0.25, 0.3) is 154 Å². The zero-order chi connectivity index (χ0) is 66.3. The number of aromatic hydroxyl groups is 1. The zero-order valence-electron chi connectivity index (χ0n) is 52.3. The standard InChI is InChI=1S/C48H23F6N4.C35H31FNO.Ir/c49-47(50,51)41-31-12-6-4-10-26(31)20-37-43(55-23-57-45(37)41)35-22-36(44-38-21-27-11-5-7-13-32(27)42(48(52,53)54)46(38)58-24-56-44)34-17-15-29-19-30(25-8-2-1-3-9-25)18-28-14-16-33(35)40(34)39(28)29;1-22(2)30-18-26(24-10-6-5-7-11-24)19-31(23(3)4)35(30)27-20-32(25-14-16-28(36)17-15-25)37-33(21-27)29-12-8-9-13-34(29)38;/h1-21,23-24H;5-14,16-23,38H,1-4H3;/q2*-1;. The first-order chi connectivity index (χ1) is 46.4. The van der Waals surface area contributed by atoms with E-state index in [0.29, 0.717) is 55.2 Å². The molecule has 3 heterocycles. The third kappa shape index (κ3) is 11.5. The number of pyridine rings is 1. The number of phenolic OH excluding ortho intramolecular Hbond substituents is 1. The minimum absolute atomic E-state index is 0. The molecule has 0 atom stereocenters. The van der Waals surface area contributed by atoms with Crippen molar-refractivity contribution >= 4 is 75.7 Å². The number of halogens is 7. The molecule has 3 aromatic heterocycles. The molecule has 14 heteroatoms. The van der Waals surface area contributed by atoms with E-state index in [-0.39, 0.29) is 87.5 Å². The van der Waals surface area contributed by atoms with Crippen LogP contribution in [0.5, 0.6) is 5.75 Å². The smallest absolute Gasteiger partial charge is 0.419 e. The van der Waals surface area contributed by atoms with E-state index in [1.807, 2.05) is 72.8 Å². The molecule has 0 amide bonds. The zero-order valence-corrected chi connectivity index (χ0v) is 54.7. The molecule has 1 N–H and O–H groups in total. The Morgan fingerprint density at radius 1 is 0.412 bits per heavy atom. The average Bonchev–Trinajstić information content (AvgIpc) is 0.712. The number of rotatable bonds is 9. The second-order valence-electron chi connectivity index (χ2n) is 24.6. The van der Waals surface area contributed by atoms with Gasteiger partial charge >= 0.3 is 12.4 Å². The van der Waals surface area contributed by atoms with Crippen molar-refractivity contribution in [1.82, 2.24) is 24.9 Å². The molecular weight excluding hydrogens is 1410 g/mol. The first-order valence-corrected chi connectivity index (χ1v) is 31.3. The van der Waals surface area contributed by atoms with Crippen molar-refractivity contribution in [3.8, 4) is 84.2 Å². The first kappa shape index (κ1) is 63.6. The summed E-state index contributed by atoms with van der Waals surface area (Å²) in [5.74, 6) is 0.368. The van der Waals surface area contributed by atoms with Crippen molar-refractivity contribution in [3.05, 3.63) is 277 Å². The average molecular weight is 1460 g/mol. The topological polar surface area (TPSA) is 84.7 Å². The fraction of sp³-hybridized carbons (Fsp3) is 0.0964. The number of hydrogen-bond donors (Lipinski definition) is 1. The molecule has 0 aliphatic heterocycles. The molecule has 0 aliphatic carbocycles. The molecule has 97 heavy (non-hydrogen) atoms. The second-order valence-corrected chi connectivity index (χ2v) is 24.6. The van der Waals surface area contributed by atoms with Crippen molar-refractivity contribution in [2.45, 2.75) is 51.9 Å². The molecule has 16 aromatic rings. The van der Waals surface area contributed by atoms with Crippen LogP contribution in [-0.4, -0.2) is 30.0 Å². The summed E-state index contributed by atoms with van der Waals surface area (Å²) in [6.07, 6.45) is -7.28. The summed E-state index contributed by atoms with van der Waals surface area (Å²) < 4.78 is 103. The Bertz CT molecular complexity index is 5490.